The summed E-state index contributed by atoms with van der Waals surface area (Å²) in [6.07, 6.45) is 2.30. The van der Waals surface area contributed by atoms with Gasteiger partial charge in [0.1, 0.15) is 0 Å². The molecule has 0 fully saturated rings. The van der Waals surface area contributed by atoms with Crippen molar-refractivity contribution in [2.24, 2.45) is 0 Å². The molecule has 2 unspecified atom stereocenters. The lowest BCUT2D eigenvalue weighted by Gasteiger charge is -2.25. The monoisotopic (exact) mass is 287 g/mol. The van der Waals surface area contributed by atoms with Crippen LogP contribution in [0.1, 0.15) is 54.5 Å². The van der Waals surface area contributed by atoms with Gasteiger partial charge in [0.2, 0.25) is 0 Å². The molecule has 0 saturated carbocycles. The number of benzene rings is 1. The van der Waals surface area contributed by atoms with E-state index >= 15 is 0 Å². The highest BCUT2D eigenvalue weighted by molar-refractivity contribution is 7.12. The second kappa shape index (κ2) is 7.61. The molecule has 2 aromatic rings. The van der Waals surface area contributed by atoms with Gasteiger partial charge in [-0.2, -0.15) is 0 Å². The first-order valence-electron chi connectivity index (χ1n) is 7.63. The van der Waals surface area contributed by atoms with Crippen LogP contribution >= 0.6 is 11.3 Å². The molecular formula is C18H25NS. The van der Waals surface area contributed by atoms with E-state index in [0.29, 0.717) is 12.0 Å². The molecule has 0 saturated heterocycles. The van der Waals surface area contributed by atoms with Gasteiger partial charge in [0, 0.05) is 21.7 Å². The third kappa shape index (κ3) is 3.71. The molecule has 0 aliphatic carbocycles. The van der Waals surface area contributed by atoms with Crippen molar-refractivity contribution in [3.05, 3.63) is 57.8 Å². The highest BCUT2D eigenvalue weighted by atomic mass is 32.1. The van der Waals surface area contributed by atoms with Crippen molar-refractivity contribution in [3.63, 3.8) is 0 Å². The van der Waals surface area contributed by atoms with Gasteiger partial charge in [-0.25, -0.2) is 0 Å². The molecule has 0 aliphatic rings. The van der Waals surface area contributed by atoms with Gasteiger partial charge in [0.05, 0.1) is 0 Å². The first-order valence-corrected chi connectivity index (χ1v) is 8.44. The molecule has 2 heteroatoms. The fourth-order valence-electron chi connectivity index (χ4n) is 2.52. The molecule has 2 rings (SSSR count). The maximum absolute atomic E-state index is 3.73. The quantitative estimate of drug-likeness (QED) is 0.742. The summed E-state index contributed by atoms with van der Waals surface area (Å²) >= 11 is 1.95. The Morgan fingerprint density at radius 2 is 1.80 bits per heavy atom. The van der Waals surface area contributed by atoms with Gasteiger partial charge in [-0.05, 0) is 37.1 Å². The Labute approximate surface area is 127 Å². The van der Waals surface area contributed by atoms with Gasteiger partial charge in [-0.3, -0.25) is 0 Å². The number of rotatable bonds is 7. The van der Waals surface area contributed by atoms with Crippen molar-refractivity contribution in [1.82, 2.24) is 5.32 Å². The third-order valence-corrected chi connectivity index (χ3v) is 5.09. The normalized spacial score (nSPS) is 14.2. The first-order chi connectivity index (χ1) is 9.76. The predicted molar refractivity (Wildman–Crippen MR) is 89.6 cm³/mol. The molecule has 2 atom stereocenters. The van der Waals surface area contributed by atoms with E-state index in [-0.39, 0.29) is 0 Å². The van der Waals surface area contributed by atoms with Crippen LogP contribution in [0.4, 0.5) is 0 Å². The molecule has 0 amide bonds. The van der Waals surface area contributed by atoms with Crippen LogP contribution in [0.15, 0.2) is 42.5 Å². The maximum Gasteiger partial charge on any atom is 0.0481 e. The van der Waals surface area contributed by atoms with Crippen molar-refractivity contribution in [3.8, 4) is 0 Å². The molecule has 0 spiro atoms. The van der Waals surface area contributed by atoms with E-state index in [2.05, 4.69) is 68.6 Å². The van der Waals surface area contributed by atoms with Gasteiger partial charge in [-0.1, -0.05) is 51.1 Å². The van der Waals surface area contributed by atoms with Crippen LogP contribution in [0, 0.1) is 0 Å². The lowest BCUT2D eigenvalue weighted by atomic mass is 9.92. The van der Waals surface area contributed by atoms with E-state index in [4.69, 9.17) is 0 Å². The van der Waals surface area contributed by atoms with Crippen LogP contribution in [-0.4, -0.2) is 6.54 Å². The summed E-state index contributed by atoms with van der Waals surface area (Å²) in [5.41, 5.74) is 1.41. The summed E-state index contributed by atoms with van der Waals surface area (Å²) < 4.78 is 0. The van der Waals surface area contributed by atoms with E-state index in [0.717, 1.165) is 13.0 Å². The number of thiophene rings is 1. The zero-order valence-corrected chi connectivity index (χ0v) is 13.5. The van der Waals surface area contributed by atoms with Crippen LogP contribution in [0.25, 0.3) is 0 Å². The van der Waals surface area contributed by atoms with Gasteiger partial charge >= 0.3 is 0 Å². The van der Waals surface area contributed by atoms with Crippen molar-refractivity contribution < 1.29 is 0 Å². The molecule has 1 heterocycles. The topological polar surface area (TPSA) is 12.0 Å². The molecule has 1 N–H and O–H groups in total. The molecule has 0 aliphatic heterocycles. The lowest BCUT2D eigenvalue weighted by Crippen LogP contribution is -2.26. The largest absolute Gasteiger partial charge is 0.309 e. The molecular weight excluding hydrogens is 262 g/mol. The van der Waals surface area contributed by atoms with Crippen molar-refractivity contribution in [1.29, 1.82) is 0 Å². The van der Waals surface area contributed by atoms with Gasteiger partial charge in [-0.15, -0.1) is 11.3 Å². The summed E-state index contributed by atoms with van der Waals surface area (Å²) in [5, 5.41) is 3.73. The van der Waals surface area contributed by atoms with Crippen LogP contribution in [-0.2, 0) is 6.42 Å². The third-order valence-electron chi connectivity index (χ3n) is 3.78. The predicted octanol–water partition coefficient (Wildman–Crippen LogP) is 5.15. The van der Waals surface area contributed by atoms with Crippen LogP contribution in [0.2, 0.25) is 0 Å². The molecule has 20 heavy (non-hydrogen) atoms. The molecule has 0 radical (unpaired) electrons. The minimum absolute atomic E-state index is 0.419. The highest BCUT2D eigenvalue weighted by Gasteiger charge is 2.21. The number of nitrogens with one attached hydrogen (secondary N) is 1. The van der Waals surface area contributed by atoms with E-state index in [1.165, 1.54) is 21.7 Å². The average Bonchev–Trinajstić information content (AvgIpc) is 2.97. The Hall–Kier alpha value is -1.12. The van der Waals surface area contributed by atoms with Gasteiger partial charge in [0.15, 0.2) is 0 Å². The molecule has 0 bridgehead atoms. The second-order valence-electron chi connectivity index (χ2n) is 5.29. The summed E-state index contributed by atoms with van der Waals surface area (Å²) in [6, 6.07) is 15.8. The summed E-state index contributed by atoms with van der Waals surface area (Å²) in [6.45, 7) is 7.85. The maximum atomic E-state index is 3.73. The van der Waals surface area contributed by atoms with Crippen LogP contribution in [0.3, 0.4) is 0 Å². The molecule has 1 nitrogen and oxygen atoms in total. The summed E-state index contributed by atoms with van der Waals surface area (Å²) in [7, 11) is 0. The van der Waals surface area contributed by atoms with Crippen molar-refractivity contribution in [2.45, 2.75) is 45.6 Å². The Balaban J connectivity index is 2.22. The van der Waals surface area contributed by atoms with Gasteiger partial charge < -0.3 is 5.32 Å². The summed E-state index contributed by atoms with van der Waals surface area (Å²) in [4.78, 5) is 2.94. The molecule has 1 aromatic carbocycles. The number of aryl methyl sites for hydroxylation is 1. The highest BCUT2D eigenvalue weighted by Crippen LogP contribution is 2.34. The fraction of sp³-hybridized carbons (Fsp3) is 0.444. The van der Waals surface area contributed by atoms with E-state index in [1.54, 1.807) is 0 Å². The van der Waals surface area contributed by atoms with Crippen molar-refractivity contribution >= 4 is 11.3 Å². The minimum atomic E-state index is 0.419. The zero-order valence-electron chi connectivity index (χ0n) is 12.7. The van der Waals surface area contributed by atoms with E-state index in [9.17, 15) is 0 Å². The zero-order chi connectivity index (χ0) is 14.4. The standard InChI is InChI=1S/C18H25NS/c1-4-13-19-18(17-12-11-16(5-2)20-17)14(3)15-9-7-6-8-10-15/h6-12,14,18-19H,4-5,13H2,1-3H3. The summed E-state index contributed by atoms with van der Waals surface area (Å²) in [5.74, 6) is 0.492. The fourth-order valence-corrected chi connectivity index (χ4v) is 3.66. The smallest absolute Gasteiger partial charge is 0.0481 e. The molecule has 1 aromatic heterocycles. The SMILES string of the molecule is CCCNC(c1ccc(CC)s1)C(C)c1ccccc1. The van der Waals surface area contributed by atoms with Crippen molar-refractivity contribution in [2.75, 3.05) is 6.54 Å². The number of hydrogen-bond acceptors (Lipinski definition) is 2. The Kier molecular flexibility index (Phi) is 5.81. The van der Waals surface area contributed by atoms with Gasteiger partial charge in [0.25, 0.3) is 0 Å². The van der Waals surface area contributed by atoms with Crippen LogP contribution in [0.5, 0.6) is 0 Å². The average molecular weight is 287 g/mol. The Morgan fingerprint density at radius 3 is 2.40 bits per heavy atom. The molecule has 108 valence electrons. The Morgan fingerprint density at radius 1 is 1.05 bits per heavy atom. The van der Waals surface area contributed by atoms with E-state index in [1.807, 2.05) is 11.3 Å². The number of hydrogen-bond donors (Lipinski definition) is 1. The lowest BCUT2D eigenvalue weighted by molar-refractivity contribution is 0.473. The Bertz CT molecular complexity index is 503. The second-order valence-corrected chi connectivity index (χ2v) is 6.49. The first kappa shape index (κ1) is 15.3. The van der Waals surface area contributed by atoms with Crippen LogP contribution < -0.4 is 5.32 Å². The minimum Gasteiger partial charge on any atom is -0.309 e. The van der Waals surface area contributed by atoms with E-state index < -0.39 is 0 Å².